The molecule has 0 atom stereocenters. The number of ketones is 2. The van der Waals surface area contributed by atoms with Crippen LogP contribution < -0.4 is 28.4 Å². The molecule has 0 unspecified atom stereocenters. The molecule has 0 amide bonds. The van der Waals surface area contributed by atoms with E-state index in [-0.39, 0.29) is 69.6 Å². The number of rotatable bonds is 26. The van der Waals surface area contributed by atoms with E-state index >= 15 is 0 Å². The molecule has 16 nitrogen and oxygen atoms in total. The van der Waals surface area contributed by atoms with Gasteiger partial charge in [0.15, 0.2) is 11.6 Å². The number of carbonyl (C=O) groups is 8. The molecular formula is C57H48O16. The highest BCUT2D eigenvalue weighted by Crippen LogP contribution is 2.23. The van der Waals surface area contributed by atoms with Crippen LogP contribution in [-0.4, -0.2) is 73.8 Å². The molecule has 0 heterocycles. The van der Waals surface area contributed by atoms with Crippen molar-refractivity contribution in [3.8, 4) is 34.5 Å². The summed E-state index contributed by atoms with van der Waals surface area (Å²) >= 11 is 0. The van der Waals surface area contributed by atoms with Crippen LogP contribution in [0.5, 0.6) is 34.5 Å². The molecule has 0 N–H and O–H groups in total. The van der Waals surface area contributed by atoms with Gasteiger partial charge in [0.1, 0.15) is 34.5 Å². The summed E-state index contributed by atoms with van der Waals surface area (Å²) in [5, 5.41) is 0. The van der Waals surface area contributed by atoms with E-state index in [1.165, 1.54) is 97.1 Å². The van der Waals surface area contributed by atoms with E-state index in [9.17, 15) is 38.4 Å². The Balaban J connectivity index is 0.885. The molecule has 0 saturated heterocycles. The number of hydrogen-bond donors (Lipinski definition) is 0. The van der Waals surface area contributed by atoms with Crippen LogP contribution in [0.15, 0.2) is 171 Å². The molecule has 0 aliphatic carbocycles. The Morgan fingerprint density at radius 1 is 0.315 bits per heavy atom. The van der Waals surface area contributed by atoms with Gasteiger partial charge in [-0.15, -0.1) is 0 Å². The lowest BCUT2D eigenvalue weighted by Gasteiger charge is -2.09. The van der Waals surface area contributed by atoms with Crippen molar-refractivity contribution >= 4 is 47.4 Å². The third-order valence-corrected chi connectivity index (χ3v) is 10.3. The highest BCUT2D eigenvalue weighted by molar-refractivity contribution is 6.13. The molecule has 0 aromatic heterocycles. The maximum absolute atomic E-state index is 13.0. The van der Waals surface area contributed by atoms with Crippen molar-refractivity contribution in [1.29, 1.82) is 0 Å². The van der Waals surface area contributed by atoms with Crippen LogP contribution in [0.3, 0.4) is 0 Å². The van der Waals surface area contributed by atoms with Crippen LogP contribution in [0.4, 0.5) is 0 Å². The quantitative estimate of drug-likeness (QED) is 0.0124. The van der Waals surface area contributed by atoms with Crippen LogP contribution in [0.25, 0.3) is 0 Å². The molecule has 0 fully saturated rings. The SMILES string of the molecule is C=CC(=O)OCCCCOc1ccc(C(=O)Oc2ccc(C(=O)Oc3ccc(C(=O)CC(=O)c4ccc(OC(=O)c5ccc(OC(=O)c6ccc(OCCCCOC(=O)C=C)cc6)cc5)cc4)cc3)cc2)cc1. The third-order valence-electron chi connectivity index (χ3n) is 10.3. The zero-order chi connectivity index (χ0) is 52.0. The first kappa shape index (κ1) is 52.9. The first-order chi connectivity index (χ1) is 35.4. The fourth-order valence-electron chi connectivity index (χ4n) is 6.38. The van der Waals surface area contributed by atoms with Crippen molar-refractivity contribution in [3.05, 3.63) is 204 Å². The van der Waals surface area contributed by atoms with Crippen molar-refractivity contribution < 1.29 is 76.3 Å². The number of hydrogen-bond acceptors (Lipinski definition) is 16. The highest BCUT2D eigenvalue weighted by atomic mass is 16.6. The first-order valence-corrected chi connectivity index (χ1v) is 22.8. The van der Waals surface area contributed by atoms with E-state index in [1.54, 1.807) is 48.5 Å². The molecular weight excluding hydrogens is 941 g/mol. The van der Waals surface area contributed by atoms with Crippen molar-refractivity contribution in [2.45, 2.75) is 32.1 Å². The average Bonchev–Trinajstić information content (AvgIpc) is 3.41. The molecule has 0 aliphatic rings. The fraction of sp³-hybridized carbons (Fsp3) is 0.158. The average molecular weight is 989 g/mol. The molecule has 6 aromatic carbocycles. The Morgan fingerprint density at radius 2 is 0.548 bits per heavy atom. The van der Waals surface area contributed by atoms with E-state index in [0.29, 0.717) is 50.4 Å². The molecule has 0 saturated carbocycles. The minimum atomic E-state index is -0.700. The van der Waals surface area contributed by atoms with E-state index in [2.05, 4.69) is 13.2 Å². The van der Waals surface area contributed by atoms with Crippen LogP contribution in [-0.2, 0) is 19.1 Å². The first-order valence-electron chi connectivity index (χ1n) is 22.8. The van der Waals surface area contributed by atoms with Crippen molar-refractivity contribution in [2.75, 3.05) is 26.4 Å². The highest BCUT2D eigenvalue weighted by Gasteiger charge is 2.18. The molecule has 73 heavy (non-hydrogen) atoms. The van der Waals surface area contributed by atoms with E-state index in [4.69, 9.17) is 37.9 Å². The van der Waals surface area contributed by atoms with E-state index in [0.717, 1.165) is 12.2 Å². The monoisotopic (exact) mass is 988 g/mol. The van der Waals surface area contributed by atoms with Gasteiger partial charge < -0.3 is 37.9 Å². The molecule has 372 valence electrons. The van der Waals surface area contributed by atoms with Gasteiger partial charge in [-0.2, -0.15) is 0 Å². The van der Waals surface area contributed by atoms with Crippen molar-refractivity contribution in [3.63, 3.8) is 0 Å². The number of carbonyl (C=O) groups excluding carboxylic acids is 8. The summed E-state index contributed by atoms with van der Waals surface area (Å²) < 4.78 is 42.9. The van der Waals surface area contributed by atoms with Crippen LogP contribution >= 0.6 is 0 Å². The van der Waals surface area contributed by atoms with Crippen LogP contribution in [0.2, 0.25) is 0 Å². The maximum Gasteiger partial charge on any atom is 0.343 e. The molecule has 0 spiro atoms. The third kappa shape index (κ3) is 16.9. The van der Waals surface area contributed by atoms with Gasteiger partial charge in [-0.25, -0.2) is 28.8 Å². The van der Waals surface area contributed by atoms with Crippen molar-refractivity contribution in [2.24, 2.45) is 0 Å². The summed E-state index contributed by atoms with van der Waals surface area (Å²) in [5.74, 6) is -2.74. The smallest absolute Gasteiger partial charge is 0.343 e. The molecule has 0 aliphatic heterocycles. The van der Waals surface area contributed by atoms with Gasteiger partial charge in [0.05, 0.1) is 55.1 Å². The standard InChI is InChI=1S/C57H48O16/c1-3-52(60)68-35-7-5-33-66-44-21-13-40(14-22-44)54(62)72-48-29-17-42(18-30-48)56(64)70-46-25-9-38(10-26-46)50(58)37-51(59)39-11-27-47(28-12-39)71-57(65)43-19-31-49(32-20-43)73-55(63)41-15-23-45(24-16-41)67-34-6-8-36-69-53(61)4-2/h3-4,9-32H,1-2,5-8,33-37H2. The molecule has 6 rings (SSSR count). The normalized spacial score (nSPS) is 10.4. The Kier molecular flexibility index (Phi) is 19.6. The molecule has 6 aromatic rings. The molecule has 16 heteroatoms. The van der Waals surface area contributed by atoms with Gasteiger partial charge in [-0.3, -0.25) is 9.59 Å². The predicted octanol–water partition coefficient (Wildman–Crippen LogP) is 9.80. The predicted molar refractivity (Wildman–Crippen MR) is 264 cm³/mol. The summed E-state index contributed by atoms with van der Waals surface area (Å²) in [6.07, 6.45) is 4.32. The zero-order valence-electron chi connectivity index (χ0n) is 39.3. The topological polar surface area (TPSA) is 210 Å². The Hall–Kier alpha value is -9.44. The number of unbranched alkanes of at least 4 members (excludes halogenated alkanes) is 2. The van der Waals surface area contributed by atoms with Gasteiger partial charge in [0.25, 0.3) is 0 Å². The minimum absolute atomic E-state index is 0.149. The number of ether oxygens (including phenoxy) is 8. The van der Waals surface area contributed by atoms with Gasteiger partial charge in [-0.1, -0.05) is 13.2 Å². The van der Waals surface area contributed by atoms with Gasteiger partial charge in [0.2, 0.25) is 0 Å². The lowest BCUT2D eigenvalue weighted by molar-refractivity contribution is -0.138. The fourth-order valence-corrected chi connectivity index (χ4v) is 6.38. The summed E-state index contributed by atoms with van der Waals surface area (Å²) in [4.78, 5) is 99.3. The molecule has 0 bridgehead atoms. The summed E-state index contributed by atoms with van der Waals surface area (Å²) in [6, 6.07) is 35.7. The Labute approximate surface area is 419 Å². The Bertz CT molecular complexity index is 2700. The Morgan fingerprint density at radius 3 is 0.808 bits per heavy atom. The minimum Gasteiger partial charge on any atom is -0.494 e. The maximum atomic E-state index is 13.0. The van der Waals surface area contributed by atoms with Crippen molar-refractivity contribution in [1.82, 2.24) is 0 Å². The zero-order valence-corrected chi connectivity index (χ0v) is 39.3. The summed E-state index contributed by atoms with van der Waals surface area (Å²) in [6.45, 7) is 8.01. The second-order valence-corrected chi connectivity index (χ2v) is 15.6. The molecule has 0 radical (unpaired) electrons. The number of esters is 6. The lowest BCUT2D eigenvalue weighted by atomic mass is 10.0. The second kappa shape index (κ2) is 27.1. The summed E-state index contributed by atoms with van der Waals surface area (Å²) in [7, 11) is 0. The van der Waals surface area contributed by atoms with E-state index < -0.39 is 53.8 Å². The largest absolute Gasteiger partial charge is 0.494 e. The number of benzene rings is 6. The van der Waals surface area contributed by atoms with Crippen LogP contribution in [0, 0.1) is 0 Å². The van der Waals surface area contributed by atoms with Crippen LogP contribution in [0.1, 0.15) is 94.3 Å². The van der Waals surface area contributed by atoms with Gasteiger partial charge in [0, 0.05) is 23.3 Å². The second-order valence-electron chi connectivity index (χ2n) is 15.6. The van der Waals surface area contributed by atoms with Gasteiger partial charge >= 0.3 is 35.8 Å². The lowest BCUT2D eigenvalue weighted by Crippen LogP contribution is -2.11. The number of Topliss-reactive ketones (excluding diaryl/α,β-unsaturated/α-hetero) is 2. The van der Waals surface area contributed by atoms with Gasteiger partial charge in [-0.05, 0) is 171 Å². The summed E-state index contributed by atoms with van der Waals surface area (Å²) in [5.41, 5.74) is 1.33. The van der Waals surface area contributed by atoms with E-state index in [1.807, 2.05) is 0 Å².